The Hall–Kier alpha value is -2.67. The summed E-state index contributed by atoms with van der Waals surface area (Å²) in [5, 5.41) is 0. The van der Waals surface area contributed by atoms with Crippen LogP contribution in [0.25, 0.3) is 0 Å². The second-order valence-corrected chi connectivity index (χ2v) is 8.06. The van der Waals surface area contributed by atoms with Gasteiger partial charge in [0, 0.05) is 24.3 Å². The van der Waals surface area contributed by atoms with Crippen LogP contribution in [0.15, 0.2) is 59.5 Å². The average molecular weight is 390 g/mol. The third kappa shape index (κ3) is 5.17. The fraction of sp³-hybridized carbons (Fsp3) is 0.250. The summed E-state index contributed by atoms with van der Waals surface area (Å²) in [7, 11) is -3.97. The molecule has 144 valence electrons. The molecule has 0 fully saturated rings. The minimum atomic E-state index is -3.97. The second kappa shape index (κ2) is 8.35. The molecule has 0 saturated heterocycles. The first kappa shape index (κ1) is 20.6. The maximum atomic E-state index is 13.7. The summed E-state index contributed by atoms with van der Waals surface area (Å²) in [5.41, 5.74) is 1.80. The number of likely N-dealkylation sites (N-methyl/N-ethyl adjacent to an activating group) is 1. The van der Waals surface area contributed by atoms with Gasteiger partial charge in [-0.3, -0.25) is 9.52 Å². The van der Waals surface area contributed by atoms with Crippen molar-refractivity contribution in [1.82, 2.24) is 4.90 Å². The number of benzene rings is 2. The first-order chi connectivity index (χ1) is 12.6. The number of rotatable bonds is 7. The molecule has 1 amide bonds. The molecule has 0 bridgehead atoms. The van der Waals surface area contributed by atoms with Crippen LogP contribution in [0.4, 0.5) is 10.1 Å². The van der Waals surface area contributed by atoms with Crippen LogP contribution in [0.2, 0.25) is 0 Å². The summed E-state index contributed by atoms with van der Waals surface area (Å²) < 4.78 is 41.1. The molecule has 0 atom stereocenters. The monoisotopic (exact) mass is 390 g/mol. The van der Waals surface area contributed by atoms with E-state index in [-0.39, 0.29) is 16.5 Å². The number of carbonyl (C=O) groups excluding carboxylic acids is 1. The highest BCUT2D eigenvalue weighted by Gasteiger charge is 2.18. The third-order valence-electron chi connectivity index (χ3n) is 3.95. The van der Waals surface area contributed by atoms with Gasteiger partial charge in [0.1, 0.15) is 5.82 Å². The lowest BCUT2D eigenvalue weighted by atomic mass is 10.1. The molecule has 0 heterocycles. The van der Waals surface area contributed by atoms with Crippen LogP contribution in [0.5, 0.6) is 0 Å². The van der Waals surface area contributed by atoms with E-state index < -0.39 is 15.8 Å². The average Bonchev–Trinajstić information content (AvgIpc) is 2.61. The minimum absolute atomic E-state index is 0.181. The van der Waals surface area contributed by atoms with E-state index in [2.05, 4.69) is 11.3 Å². The van der Waals surface area contributed by atoms with Gasteiger partial charge in [-0.05, 0) is 56.7 Å². The molecule has 2 aromatic carbocycles. The Morgan fingerprint density at radius 2 is 1.93 bits per heavy atom. The molecule has 0 saturated carbocycles. The third-order valence-corrected chi connectivity index (χ3v) is 5.32. The number of hydrogen-bond donors (Lipinski definition) is 1. The van der Waals surface area contributed by atoms with Gasteiger partial charge in [-0.15, -0.1) is 0 Å². The predicted molar refractivity (Wildman–Crippen MR) is 105 cm³/mol. The summed E-state index contributed by atoms with van der Waals surface area (Å²) in [6.07, 6.45) is 0. The number of aryl methyl sites for hydroxylation is 1. The van der Waals surface area contributed by atoms with Crippen LogP contribution in [-0.2, 0) is 10.0 Å². The molecule has 2 rings (SSSR count). The number of hydrogen-bond acceptors (Lipinski definition) is 3. The van der Waals surface area contributed by atoms with Gasteiger partial charge in [-0.1, -0.05) is 24.3 Å². The molecule has 0 aliphatic carbocycles. The fourth-order valence-electron chi connectivity index (χ4n) is 2.51. The Balaban J connectivity index is 2.27. The number of sulfonamides is 1. The van der Waals surface area contributed by atoms with Gasteiger partial charge in [-0.25, -0.2) is 12.8 Å². The van der Waals surface area contributed by atoms with E-state index in [0.717, 1.165) is 11.6 Å². The lowest BCUT2D eigenvalue weighted by Crippen LogP contribution is -2.32. The molecule has 0 aromatic heterocycles. The van der Waals surface area contributed by atoms with E-state index in [0.29, 0.717) is 24.2 Å². The number of nitrogens with one attached hydrogen (secondary N) is 1. The van der Waals surface area contributed by atoms with Crippen molar-refractivity contribution >= 4 is 21.6 Å². The maximum absolute atomic E-state index is 13.7. The molecule has 1 N–H and O–H groups in total. The van der Waals surface area contributed by atoms with Crippen molar-refractivity contribution in [3.8, 4) is 0 Å². The predicted octanol–water partition coefficient (Wildman–Crippen LogP) is 3.97. The van der Waals surface area contributed by atoms with Crippen molar-refractivity contribution in [2.45, 2.75) is 25.7 Å². The van der Waals surface area contributed by atoms with Crippen molar-refractivity contribution in [3.05, 3.63) is 71.6 Å². The number of nitrogens with zero attached hydrogens (tertiary/aromatic N) is 1. The molecule has 0 aliphatic rings. The van der Waals surface area contributed by atoms with Crippen molar-refractivity contribution < 1.29 is 17.6 Å². The van der Waals surface area contributed by atoms with E-state index in [1.54, 1.807) is 24.0 Å². The molecule has 5 nitrogen and oxygen atoms in total. The Labute approximate surface area is 159 Å². The van der Waals surface area contributed by atoms with Crippen molar-refractivity contribution in [1.29, 1.82) is 0 Å². The largest absolute Gasteiger partial charge is 0.335 e. The van der Waals surface area contributed by atoms with Crippen LogP contribution < -0.4 is 4.72 Å². The van der Waals surface area contributed by atoms with Gasteiger partial charge in [-0.2, -0.15) is 0 Å². The maximum Gasteiger partial charge on any atom is 0.261 e. The lowest BCUT2D eigenvalue weighted by molar-refractivity contribution is 0.0778. The highest BCUT2D eigenvalue weighted by molar-refractivity contribution is 7.92. The fourth-order valence-corrected chi connectivity index (χ4v) is 3.57. The Morgan fingerprint density at radius 3 is 2.52 bits per heavy atom. The highest BCUT2D eigenvalue weighted by atomic mass is 32.2. The van der Waals surface area contributed by atoms with Crippen molar-refractivity contribution in [3.63, 3.8) is 0 Å². The zero-order chi connectivity index (χ0) is 20.2. The molecule has 7 heteroatoms. The quantitative estimate of drug-likeness (QED) is 0.728. The highest BCUT2D eigenvalue weighted by Crippen LogP contribution is 2.20. The second-order valence-electron chi connectivity index (χ2n) is 6.37. The van der Waals surface area contributed by atoms with Gasteiger partial charge in [0.15, 0.2) is 0 Å². The minimum Gasteiger partial charge on any atom is -0.335 e. The Morgan fingerprint density at radius 1 is 1.22 bits per heavy atom. The van der Waals surface area contributed by atoms with E-state index in [1.807, 2.05) is 13.8 Å². The number of carbonyl (C=O) groups is 1. The first-order valence-corrected chi connectivity index (χ1v) is 9.95. The Bertz CT molecular complexity index is 971. The SMILES string of the molecule is C=C(C)CN(CC)C(=O)c1cccc(NS(=O)(=O)c2ccc(C)c(F)c2)c1. The molecule has 0 unspecified atom stereocenters. The summed E-state index contributed by atoms with van der Waals surface area (Å²) in [4.78, 5) is 14.1. The Kier molecular flexibility index (Phi) is 6.38. The van der Waals surface area contributed by atoms with Crippen LogP contribution in [0.1, 0.15) is 29.8 Å². The number of anilines is 1. The van der Waals surface area contributed by atoms with Crippen molar-refractivity contribution in [2.24, 2.45) is 0 Å². The molecule has 2 aromatic rings. The molecular weight excluding hydrogens is 367 g/mol. The lowest BCUT2D eigenvalue weighted by Gasteiger charge is -2.21. The normalized spacial score (nSPS) is 11.1. The molecule has 27 heavy (non-hydrogen) atoms. The van der Waals surface area contributed by atoms with Crippen molar-refractivity contribution in [2.75, 3.05) is 17.8 Å². The van der Waals surface area contributed by atoms with Gasteiger partial charge >= 0.3 is 0 Å². The molecule has 0 radical (unpaired) electrons. The standard InChI is InChI=1S/C20H23FN2O3S/c1-5-23(13-14(2)3)20(24)16-7-6-8-17(11-16)22-27(25,26)18-10-9-15(4)19(21)12-18/h6-12,22H,2,5,13H2,1,3-4H3. The summed E-state index contributed by atoms with van der Waals surface area (Å²) >= 11 is 0. The zero-order valence-electron chi connectivity index (χ0n) is 15.6. The molecule has 0 aliphatic heterocycles. The van der Waals surface area contributed by atoms with Gasteiger partial charge < -0.3 is 4.90 Å². The molecular formula is C20H23FN2O3S. The zero-order valence-corrected chi connectivity index (χ0v) is 16.4. The van der Waals surface area contributed by atoms with Crippen LogP contribution in [0, 0.1) is 12.7 Å². The van der Waals surface area contributed by atoms with Crippen LogP contribution in [-0.4, -0.2) is 32.3 Å². The topological polar surface area (TPSA) is 66.5 Å². The number of amides is 1. The summed E-state index contributed by atoms with van der Waals surface area (Å²) in [6.45, 7) is 9.99. The van der Waals surface area contributed by atoms with E-state index in [1.165, 1.54) is 24.3 Å². The summed E-state index contributed by atoms with van der Waals surface area (Å²) in [6, 6.07) is 9.92. The van der Waals surface area contributed by atoms with Gasteiger partial charge in [0.05, 0.1) is 4.90 Å². The first-order valence-electron chi connectivity index (χ1n) is 8.46. The van der Waals surface area contributed by atoms with Crippen LogP contribution in [0.3, 0.4) is 0 Å². The number of halogens is 1. The van der Waals surface area contributed by atoms with E-state index in [9.17, 15) is 17.6 Å². The van der Waals surface area contributed by atoms with Crippen LogP contribution >= 0.6 is 0 Å². The molecule has 0 spiro atoms. The smallest absolute Gasteiger partial charge is 0.261 e. The van der Waals surface area contributed by atoms with Gasteiger partial charge in [0.2, 0.25) is 0 Å². The summed E-state index contributed by atoms with van der Waals surface area (Å²) in [5.74, 6) is -0.817. The van der Waals surface area contributed by atoms with E-state index >= 15 is 0 Å². The van der Waals surface area contributed by atoms with E-state index in [4.69, 9.17) is 0 Å². The van der Waals surface area contributed by atoms with Gasteiger partial charge in [0.25, 0.3) is 15.9 Å².